The molecule has 7 heteroatoms. The number of pyridine rings is 1. The van der Waals surface area contributed by atoms with Crippen molar-refractivity contribution in [2.45, 2.75) is 0 Å². The number of rotatable bonds is 3. The second-order valence-corrected chi connectivity index (χ2v) is 4.95. The average Bonchev–Trinajstić information content (AvgIpc) is 2.95. The van der Waals surface area contributed by atoms with Crippen LogP contribution in [0.25, 0.3) is 10.2 Å². The number of aromatic nitrogens is 2. The quantitative estimate of drug-likeness (QED) is 0.507. The zero-order valence-electron chi connectivity index (χ0n) is 10.3. The summed E-state index contributed by atoms with van der Waals surface area (Å²) >= 11 is 1.53. The first-order chi connectivity index (χ1) is 9.76. The smallest absolute Gasteiger partial charge is 0.257 e. The van der Waals surface area contributed by atoms with Gasteiger partial charge in [0.25, 0.3) is 5.91 Å². The van der Waals surface area contributed by atoms with Crippen LogP contribution in [0.5, 0.6) is 0 Å². The third kappa shape index (κ3) is 2.44. The van der Waals surface area contributed by atoms with Gasteiger partial charge in [0.2, 0.25) is 0 Å². The molecule has 2 aromatic heterocycles. The normalized spacial score (nSPS) is 10.4. The Hall–Kier alpha value is -2.51. The maximum Gasteiger partial charge on any atom is 0.257 e. The van der Waals surface area contributed by atoms with Crippen LogP contribution in [0.4, 0.5) is 11.5 Å². The van der Waals surface area contributed by atoms with E-state index in [1.54, 1.807) is 17.6 Å². The largest absolute Gasteiger partial charge is 0.322 e. The summed E-state index contributed by atoms with van der Waals surface area (Å²) in [5.41, 5.74) is 6.31. The fourth-order valence-corrected chi connectivity index (χ4v) is 2.47. The van der Waals surface area contributed by atoms with Crippen LogP contribution < -0.4 is 16.6 Å². The summed E-state index contributed by atoms with van der Waals surface area (Å²) in [7, 11) is 0. The number of nitrogens with zero attached hydrogens (tertiary/aromatic N) is 2. The van der Waals surface area contributed by atoms with Crippen LogP contribution in [0.1, 0.15) is 10.4 Å². The molecule has 3 rings (SSSR count). The number of carbonyl (C=O) groups excluding carboxylic acids is 1. The maximum absolute atomic E-state index is 12.1. The van der Waals surface area contributed by atoms with E-state index < -0.39 is 0 Å². The lowest BCUT2D eigenvalue weighted by Crippen LogP contribution is -2.13. The zero-order chi connectivity index (χ0) is 13.9. The second-order valence-electron chi connectivity index (χ2n) is 4.07. The van der Waals surface area contributed by atoms with Crippen LogP contribution >= 0.6 is 11.3 Å². The molecule has 100 valence electrons. The van der Waals surface area contributed by atoms with Crippen molar-refractivity contribution in [1.29, 1.82) is 0 Å². The van der Waals surface area contributed by atoms with Crippen molar-refractivity contribution < 1.29 is 4.79 Å². The zero-order valence-corrected chi connectivity index (χ0v) is 11.1. The van der Waals surface area contributed by atoms with Gasteiger partial charge in [-0.1, -0.05) is 0 Å². The Bertz CT molecular complexity index is 753. The van der Waals surface area contributed by atoms with E-state index in [1.807, 2.05) is 18.2 Å². The predicted molar refractivity (Wildman–Crippen MR) is 79.6 cm³/mol. The first kappa shape index (κ1) is 12.5. The first-order valence-corrected chi connectivity index (χ1v) is 6.71. The number of fused-ring (bicyclic) bond motifs is 1. The minimum absolute atomic E-state index is 0.218. The van der Waals surface area contributed by atoms with Gasteiger partial charge in [0.1, 0.15) is 5.82 Å². The van der Waals surface area contributed by atoms with E-state index in [9.17, 15) is 4.79 Å². The number of nitrogens with one attached hydrogen (secondary N) is 2. The van der Waals surface area contributed by atoms with Gasteiger partial charge in [-0.15, -0.1) is 11.3 Å². The molecule has 20 heavy (non-hydrogen) atoms. The highest BCUT2D eigenvalue weighted by Crippen LogP contribution is 2.22. The number of hydrogen-bond acceptors (Lipinski definition) is 6. The molecule has 0 aliphatic carbocycles. The lowest BCUT2D eigenvalue weighted by atomic mass is 10.2. The van der Waals surface area contributed by atoms with Crippen LogP contribution in [0, 0.1) is 0 Å². The molecule has 0 aliphatic heterocycles. The summed E-state index contributed by atoms with van der Waals surface area (Å²) in [6.45, 7) is 0. The van der Waals surface area contributed by atoms with Crippen molar-refractivity contribution in [1.82, 2.24) is 9.97 Å². The number of hydrazine groups is 1. The van der Waals surface area contributed by atoms with E-state index in [1.165, 1.54) is 17.5 Å². The van der Waals surface area contributed by atoms with Crippen molar-refractivity contribution >= 4 is 39.0 Å². The van der Waals surface area contributed by atoms with Crippen LogP contribution in [-0.2, 0) is 0 Å². The molecule has 3 aromatic rings. The fourth-order valence-electron chi connectivity index (χ4n) is 1.75. The molecule has 4 N–H and O–H groups in total. The van der Waals surface area contributed by atoms with Gasteiger partial charge in [-0.25, -0.2) is 15.8 Å². The lowest BCUT2D eigenvalue weighted by molar-refractivity contribution is 0.102. The highest BCUT2D eigenvalue weighted by atomic mass is 32.1. The molecule has 6 nitrogen and oxygen atoms in total. The third-order valence-corrected chi connectivity index (χ3v) is 3.55. The molecule has 0 atom stereocenters. The van der Waals surface area contributed by atoms with Gasteiger partial charge in [0.05, 0.1) is 21.3 Å². The van der Waals surface area contributed by atoms with Crippen molar-refractivity contribution in [3.05, 3.63) is 47.6 Å². The molecular formula is C13H11N5OS. The van der Waals surface area contributed by atoms with Crippen LogP contribution in [0.15, 0.2) is 42.0 Å². The van der Waals surface area contributed by atoms with Gasteiger partial charge >= 0.3 is 0 Å². The minimum Gasteiger partial charge on any atom is -0.322 e. The number of carbonyl (C=O) groups is 1. The predicted octanol–water partition coefficient (Wildman–Crippen LogP) is 2.23. The Labute approximate surface area is 118 Å². The molecule has 1 amide bonds. The van der Waals surface area contributed by atoms with Crippen LogP contribution in [-0.4, -0.2) is 15.9 Å². The highest BCUT2D eigenvalue weighted by molar-refractivity contribution is 7.16. The van der Waals surface area contributed by atoms with E-state index in [-0.39, 0.29) is 5.91 Å². The number of hydrogen-bond donors (Lipinski definition) is 3. The summed E-state index contributed by atoms with van der Waals surface area (Å²) in [5, 5.41) is 2.83. The van der Waals surface area contributed by atoms with Crippen molar-refractivity contribution in [2.24, 2.45) is 5.84 Å². The Kier molecular flexibility index (Phi) is 3.28. The van der Waals surface area contributed by atoms with Gasteiger partial charge in [-0.3, -0.25) is 4.79 Å². The summed E-state index contributed by atoms with van der Waals surface area (Å²) in [5.74, 6) is 5.51. The first-order valence-electron chi connectivity index (χ1n) is 5.83. The summed E-state index contributed by atoms with van der Waals surface area (Å²) in [4.78, 5) is 20.3. The Morgan fingerprint density at radius 1 is 1.20 bits per heavy atom. The molecule has 2 heterocycles. The van der Waals surface area contributed by atoms with E-state index in [0.29, 0.717) is 11.4 Å². The molecule has 0 spiro atoms. The molecule has 0 fully saturated rings. The lowest BCUT2D eigenvalue weighted by Gasteiger charge is -2.05. The maximum atomic E-state index is 12.1. The SMILES string of the molecule is NNc1ccc(C(=O)Nc2ccc3ncsc3c2)cn1. The monoisotopic (exact) mass is 285 g/mol. The van der Waals surface area contributed by atoms with Gasteiger partial charge < -0.3 is 10.7 Å². The minimum atomic E-state index is -0.218. The van der Waals surface area contributed by atoms with Crippen molar-refractivity contribution in [2.75, 3.05) is 10.7 Å². The second kappa shape index (κ2) is 5.24. The Balaban J connectivity index is 1.80. The number of amides is 1. The number of benzene rings is 1. The molecule has 0 saturated heterocycles. The number of anilines is 2. The number of thiazole rings is 1. The number of nitrogens with two attached hydrogens (primary N) is 1. The summed E-state index contributed by atoms with van der Waals surface area (Å²) in [6, 6.07) is 8.89. The van der Waals surface area contributed by atoms with E-state index in [4.69, 9.17) is 5.84 Å². The topological polar surface area (TPSA) is 92.9 Å². The van der Waals surface area contributed by atoms with Gasteiger partial charge in [0.15, 0.2) is 0 Å². The van der Waals surface area contributed by atoms with Crippen molar-refractivity contribution in [3.8, 4) is 0 Å². The molecule has 0 unspecified atom stereocenters. The third-order valence-electron chi connectivity index (χ3n) is 2.76. The van der Waals surface area contributed by atoms with Gasteiger partial charge in [0, 0.05) is 11.9 Å². The standard InChI is InChI=1S/C13H11N5OS/c14-18-12-4-1-8(6-15-12)13(19)17-9-2-3-10-11(5-9)20-7-16-10/h1-7H,14H2,(H,15,18)(H,17,19). The molecule has 0 radical (unpaired) electrons. The Morgan fingerprint density at radius 3 is 2.85 bits per heavy atom. The van der Waals surface area contributed by atoms with Crippen molar-refractivity contribution in [3.63, 3.8) is 0 Å². The van der Waals surface area contributed by atoms with E-state index in [0.717, 1.165) is 15.9 Å². The van der Waals surface area contributed by atoms with Crippen LogP contribution in [0.2, 0.25) is 0 Å². The van der Waals surface area contributed by atoms with Crippen LogP contribution in [0.3, 0.4) is 0 Å². The highest BCUT2D eigenvalue weighted by Gasteiger charge is 2.07. The number of nitrogen functional groups attached to an aromatic ring is 1. The summed E-state index contributed by atoms with van der Waals surface area (Å²) < 4.78 is 1.03. The fraction of sp³-hybridized carbons (Fsp3) is 0. The molecular weight excluding hydrogens is 274 g/mol. The van der Waals surface area contributed by atoms with E-state index in [2.05, 4.69) is 20.7 Å². The van der Waals surface area contributed by atoms with Gasteiger partial charge in [-0.2, -0.15) is 0 Å². The van der Waals surface area contributed by atoms with Gasteiger partial charge in [-0.05, 0) is 30.3 Å². The average molecular weight is 285 g/mol. The molecule has 0 aliphatic rings. The Morgan fingerprint density at radius 2 is 2.10 bits per heavy atom. The summed E-state index contributed by atoms with van der Waals surface area (Å²) in [6.07, 6.45) is 1.47. The molecule has 1 aromatic carbocycles. The molecule has 0 saturated carbocycles. The molecule has 0 bridgehead atoms. The van der Waals surface area contributed by atoms with E-state index >= 15 is 0 Å².